The van der Waals surface area contributed by atoms with Crippen molar-refractivity contribution in [3.63, 3.8) is 0 Å². The van der Waals surface area contributed by atoms with Crippen LogP contribution in [0.5, 0.6) is 0 Å². The van der Waals surface area contributed by atoms with Crippen molar-refractivity contribution in [2.45, 2.75) is 11.3 Å². The first-order chi connectivity index (χ1) is 11.9. The third-order valence-electron chi connectivity index (χ3n) is 3.48. The van der Waals surface area contributed by atoms with Gasteiger partial charge < -0.3 is 5.32 Å². The number of benzene rings is 2. The number of carbonyl (C=O) groups is 1. The molecule has 3 rings (SSSR count). The molecule has 130 valence electrons. The maximum atomic E-state index is 13.7. The van der Waals surface area contributed by atoms with Crippen LogP contribution in [0.2, 0.25) is 0 Å². The molecule has 0 saturated carbocycles. The molecule has 1 aliphatic rings. The second kappa shape index (κ2) is 6.93. The Morgan fingerprint density at radius 3 is 2.76 bits per heavy atom. The largest absolute Gasteiger partial charge is 0.324 e. The van der Waals surface area contributed by atoms with Gasteiger partial charge in [-0.25, -0.2) is 12.8 Å². The second-order valence-electron chi connectivity index (χ2n) is 5.25. The highest BCUT2D eigenvalue weighted by Gasteiger charge is 2.29. The van der Waals surface area contributed by atoms with Crippen molar-refractivity contribution >= 4 is 43.4 Å². The smallest absolute Gasteiger partial charge is 0.263 e. The molecule has 6 nitrogen and oxygen atoms in total. The van der Waals surface area contributed by atoms with Crippen LogP contribution in [0.25, 0.3) is 0 Å². The Morgan fingerprint density at radius 2 is 2.00 bits per heavy atom. The topological polar surface area (TPSA) is 87.6 Å². The Balaban J connectivity index is 1.65. The number of amidine groups is 1. The van der Waals surface area contributed by atoms with Gasteiger partial charge in [0.25, 0.3) is 10.0 Å². The van der Waals surface area contributed by atoms with Crippen molar-refractivity contribution in [3.8, 4) is 0 Å². The fourth-order valence-corrected chi connectivity index (χ4v) is 3.91. The van der Waals surface area contributed by atoms with Crippen molar-refractivity contribution in [2.24, 2.45) is 4.99 Å². The number of hydrogen-bond donors (Lipinski definition) is 2. The van der Waals surface area contributed by atoms with E-state index in [1.54, 1.807) is 24.3 Å². The predicted octanol–water partition coefficient (Wildman–Crippen LogP) is 2.66. The van der Waals surface area contributed by atoms with Gasteiger partial charge in [0.15, 0.2) is 0 Å². The van der Waals surface area contributed by atoms with Crippen molar-refractivity contribution in [1.82, 2.24) is 4.72 Å². The molecule has 0 atom stereocenters. The van der Waals surface area contributed by atoms with E-state index in [2.05, 4.69) is 31.0 Å². The summed E-state index contributed by atoms with van der Waals surface area (Å²) >= 11 is 3.14. The molecule has 0 spiro atoms. The molecule has 0 radical (unpaired) electrons. The number of hydrogen-bond acceptors (Lipinski definition) is 4. The molecular formula is C16H13BrFN3O3S. The molecule has 1 amide bonds. The average Bonchev–Trinajstić information content (AvgIpc) is 2.82. The van der Waals surface area contributed by atoms with Crippen molar-refractivity contribution < 1.29 is 17.6 Å². The van der Waals surface area contributed by atoms with Crippen LogP contribution in [0.15, 0.2) is 56.8 Å². The molecule has 1 heterocycles. The summed E-state index contributed by atoms with van der Waals surface area (Å²) in [5, 5.41) is 2.46. The van der Waals surface area contributed by atoms with Crippen LogP contribution >= 0.6 is 15.9 Å². The molecule has 1 aliphatic heterocycles. The van der Waals surface area contributed by atoms with E-state index in [4.69, 9.17) is 0 Å². The molecule has 0 aromatic heterocycles. The number of fused-ring (bicyclic) bond motifs is 1. The number of amides is 1. The molecule has 0 bridgehead atoms. The highest BCUT2D eigenvalue weighted by Crippen LogP contribution is 2.22. The number of anilines is 1. The zero-order chi connectivity index (χ0) is 18.0. The first kappa shape index (κ1) is 17.6. The fourth-order valence-electron chi connectivity index (χ4n) is 2.32. The summed E-state index contributed by atoms with van der Waals surface area (Å²) < 4.78 is 40.5. The summed E-state index contributed by atoms with van der Waals surface area (Å²) in [6.45, 7) is 0.0656. The van der Waals surface area contributed by atoms with Crippen LogP contribution in [0, 0.1) is 5.82 Å². The van der Waals surface area contributed by atoms with Gasteiger partial charge in [-0.1, -0.05) is 28.1 Å². The minimum absolute atomic E-state index is 0.0110. The van der Waals surface area contributed by atoms with E-state index in [0.29, 0.717) is 10.0 Å². The predicted molar refractivity (Wildman–Crippen MR) is 95.5 cm³/mol. The Bertz CT molecular complexity index is 976. The first-order valence-corrected chi connectivity index (χ1v) is 9.56. The zero-order valence-electron chi connectivity index (χ0n) is 12.8. The lowest BCUT2D eigenvalue weighted by Gasteiger charge is -2.06. The van der Waals surface area contributed by atoms with Gasteiger partial charge in [-0.3, -0.25) is 14.5 Å². The highest BCUT2D eigenvalue weighted by atomic mass is 79.9. The summed E-state index contributed by atoms with van der Waals surface area (Å²) in [7, 11) is -3.60. The van der Waals surface area contributed by atoms with E-state index in [0.717, 1.165) is 0 Å². The Hall–Kier alpha value is -2.26. The number of rotatable bonds is 4. The average molecular weight is 426 g/mol. The maximum absolute atomic E-state index is 13.7. The van der Waals surface area contributed by atoms with Gasteiger partial charge in [0, 0.05) is 16.5 Å². The van der Waals surface area contributed by atoms with Crippen LogP contribution in [0.4, 0.5) is 10.1 Å². The highest BCUT2D eigenvalue weighted by molar-refractivity contribution is 9.10. The number of halogens is 2. The van der Waals surface area contributed by atoms with Crippen LogP contribution in [0.1, 0.15) is 12.0 Å². The molecule has 25 heavy (non-hydrogen) atoms. The molecule has 0 saturated heterocycles. The first-order valence-electron chi connectivity index (χ1n) is 7.28. The Morgan fingerprint density at radius 1 is 1.24 bits per heavy atom. The van der Waals surface area contributed by atoms with Gasteiger partial charge in [-0.2, -0.15) is 0 Å². The lowest BCUT2D eigenvalue weighted by Crippen LogP contribution is -2.23. The van der Waals surface area contributed by atoms with Gasteiger partial charge in [0.1, 0.15) is 11.7 Å². The van der Waals surface area contributed by atoms with E-state index in [1.807, 2.05) is 0 Å². The summed E-state index contributed by atoms with van der Waals surface area (Å²) in [4.78, 5) is 16.2. The number of nitrogens with one attached hydrogen (secondary N) is 2. The van der Waals surface area contributed by atoms with Crippen molar-refractivity contribution in [3.05, 3.63) is 58.3 Å². The standard InChI is InChI=1S/C16H13BrFN3O3S/c17-10-5-6-13(12(18)9-10)20-15(22)7-8-19-16-11-3-1-2-4-14(11)25(23,24)21-16/h1-6,9H,7-8H2,(H,19,21)(H,20,22). The van der Waals surface area contributed by atoms with Crippen LogP contribution < -0.4 is 10.0 Å². The minimum atomic E-state index is -3.60. The molecule has 2 aromatic rings. The number of aliphatic imine (C=N–C) groups is 1. The maximum Gasteiger partial charge on any atom is 0.263 e. The molecule has 0 fully saturated rings. The third kappa shape index (κ3) is 3.88. The molecule has 0 aliphatic carbocycles. The fraction of sp³-hybridized carbons (Fsp3) is 0.125. The van der Waals surface area contributed by atoms with Gasteiger partial charge >= 0.3 is 0 Å². The van der Waals surface area contributed by atoms with Crippen LogP contribution in [-0.2, 0) is 14.8 Å². The Kier molecular flexibility index (Phi) is 4.87. The number of carbonyl (C=O) groups excluding carboxylic acids is 1. The van der Waals surface area contributed by atoms with Crippen molar-refractivity contribution in [1.29, 1.82) is 0 Å². The zero-order valence-corrected chi connectivity index (χ0v) is 15.2. The van der Waals surface area contributed by atoms with Gasteiger partial charge in [-0.05, 0) is 30.3 Å². The normalized spacial score (nSPS) is 16.3. The summed E-state index contributed by atoms with van der Waals surface area (Å²) in [6, 6.07) is 10.8. The second-order valence-corrected chi connectivity index (χ2v) is 7.82. The molecule has 2 N–H and O–H groups in total. The lowest BCUT2D eigenvalue weighted by molar-refractivity contribution is -0.116. The van der Waals surface area contributed by atoms with E-state index in [-0.39, 0.29) is 29.4 Å². The van der Waals surface area contributed by atoms with E-state index in [1.165, 1.54) is 18.2 Å². The van der Waals surface area contributed by atoms with Crippen LogP contribution in [-0.4, -0.2) is 26.7 Å². The van der Waals surface area contributed by atoms with E-state index >= 15 is 0 Å². The van der Waals surface area contributed by atoms with Crippen LogP contribution in [0.3, 0.4) is 0 Å². The van der Waals surface area contributed by atoms with Gasteiger partial charge in [0.05, 0.1) is 17.1 Å². The summed E-state index contributed by atoms with van der Waals surface area (Å²) in [5.41, 5.74) is 0.551. The van der Waals surface area contributed by atoms with Gasteiger partial charge in [0.2, 0.25) is 5.91 Å². The number of nitrogens with zero attached hydrogens (tertiary/aromatic N) is 1. The lowest BCUT2D eigenvalue weighted by atomic mass is 10.2. The summed E-state index contributed by atoms with van der Waals surface area (Å²) in [6.07, 6.45) is -0.0110. The molecule has 0 unspecified atom stereocenters. The molecule has 2 aromatic carbocycles. The molecule has 9 heteroatoms. The summed E-state index contributed by atoms with van der Waals surface area (Å²) in [5.74, 6) is -0.760. The SMILES string of the molecule is O=C(CCN=C1NS(=O)(=O)c2ccccc21)Nc1ccc(Br)cc1F. The quantitative estimate of drug-likeness (QED) is 0.788. The Labute approximate surface area is 152 Å². The minimum Gasteiger partial charge on any atom is -0.324 e. The number of sulfonamides is 1. The van der Waals surface area contributed by atoms with Gasteiger partial charge in [-0.15, -0.1) is 0 Å². The van der Waals surface area contributed by atoms with E-state index < -0.39 is 21.7 Å². The van der Waals surface area contributed by atoms with Crippen molar-refractivity contribution in [2.75, 3.05) is 11.9 Å². The van der Waals surface area contributed by atoms with E-state index in [9.17, 15) is 17.6 Å². The molecular weight excluding hydrogens is 413 g/mol. The monoisotopic (exact) mass is 425 g/mol. The third-order valence-corrected chi connectivity index (χ3v) is 5.37.